The van der Waals surface area contributed by atoms with Crippen LogP contribution in [0.1, 0.15) is 5.56 Å². The summed E-state index contributed by atoms with van der Waals surface area (Å²) < 4.78 is 36.9. The van der Waals surface area contributed by atoms with Crippen LogP contribution in [0.25, 0.3) is 0 Å². The summed E-state index contributed by atoms with van der Waals surface area (Å²) in [7, 11) is 0.220. The summed E-state index contributed by atoms with van der Waals surface area (Å²) in [4.78, 5) is 33.9. The number of methoxy groups -OCH3 is 1. The van der Waals surface area contributed by atoms with Crippen molar-refractivity contribution in [2.75, 3.05) is 32.6 Å². The molecule has 0 aliphatic rings. The number of rotatable bonds is 10. The van der Waals surface area contributed by atoms with Crippen LogP contribution in [-0.2, 0) is 26.2 Å². The molecular formula is C18H20N4O9S. The van der Waals surface area contributed by atoms with E-state index in [4.69, 9.17) is 9.47 Å². The van der Waals surface area contributed by atoms with Gasteiger partial charge >= 0.3 is 5.97 Å². The van der Waals surface area contributed by atoms with Crippen molar-refractivity contribution in [2.24, 2.45) is 0 Å². The quantitative estimate of drug-likeness (QED) is 0.307. The highest BCUT2D eigenvalue weighted by molar-refractivity contribution is 7.89. The zero-order chi connectivity index (χ0) is 24.1. The lowest BCUT2D eigenvalue weighted by Crippen LogP contribution is -2.30. The van der Waals surface area contributed by atoms with Crippen molar-refractivity contribution in [1.29, 1.82) is 0 Å². The third-order valence-electron chi connectivity index (χ3n) is 4.21. The first-order chi connectivity index (χ1) is 15.0. The van der Waals surface area contributed by atoms with E-state index in [9.17, 15) is 33.4 Å². The molecule has 32 heavy (non-hydrogen) atoms. The van der Waals surface area contributed by atoms with E-state index in [1.54, 1.807) is 14.1 Å². The van der Waals surface area contributed by atoms with Gasteiger partial charge < -0.3 is 14.4 Å². The molecule has 2 rings (SSSR count). The fourth-order valence-electron chi connectivity index (χ4n) is 2.63. The van der Waals surface area contributed by atoms with Gasteiger partial charge in [0.05, 0.1) is 21.9 Å². The largest absolute Gasteiger partial charge is 0.496 e. The van der Waals surface area contributed by atoms with Crippen molar-refractivity contribution in [3.8, 4) is 5.75 Å². The number of non-ortho nitro benzene ring substituents is 1. The molecule has 13 nitrogen and oxygen atoms in total. The van der Waals surface area contributed by atoms with Crippen LogP contribution in [0.15, 0.2) is 41.3 Å². The second kappa shape index (κ2) is 10.0. The van der Waals surface area contributed by atoms with E-state index in [1.807, 2.05) is 4.72 Å². The van der Waals surface area contributed by atoms with Crippen LogP contribution in [-0.4, -0.2) is 52.0 Å². The summed E-state index contributed by atoms with van der Waals surface area (Å²) in [5.74, 6) is -0.723. The lowest BCUT2D eigenvalue weighted by Gasteiger charge is -2.14. The number of ether oxygens (including phenoxy) is 2. The molecule has 0 fully saturated rings. The summed E-state index contributed by atoms with van der Waals surface area (Å²) in [6, 6.07) is 7.07. The van der Waals surface area contributed by atoms with Crippen LogP contribution < -0.4 is 14.4 Å². The molecule has 0 atom stereocenters. The van der Waals surface area contributed by atoms with Crippen molar-refractivity contribution >= 4 is 33.1 Å². The number of esters is 1. The lowest BCUT2D eigenvalue weighted by atomic mass is 10.2. The van der Waals surface area contributed by atoms with Gasteiger partial charge in [-0.1, -0.05) is 0 Å². The highest BCUT2D eigenvalue weighted by Gasteiger charge is 2.23. The summed E-state index contributed by atoms with van der Waals surface area (Å²) in [5, 5.41) is 22.1. The molecule has 0 unspecified atom stereocenters. The third kappa shape index (κ3) is 5.89. The highest BCUT2D eigenvalue weighted by Crippen LogP contribution is 2.29. The maximum absolute atomic E-state index is 12.4. The Morgan fingerprint density at radius 2 is 1.78 bits per heavy atom. The Kier molecular flexibility index (Phi) is 7.67. The lowest BCUT2D eigenvalue weighted by molar-refractivity contribution is -0.385. The van der Waals surface area contributed by atoms with Gasteiger partial charge in [0.1, 0.15) is 24.6 Å². The molecule has 0 heterocycles. The summed E-state index contributed by atoms with van der Waals surface area (Å²) >= 11 is 0. The second-order valence-electron chi connectivity index (χ2n) is 6.54. The fraction of sp³-hybridized carbons (Fsp3) is 0.278. The highest BCUT2D eigenvalue weighted by atomic mass is 32.2. The Balaban J connectivity index is 2.08. The molecule has 2 aromatic rings. The van der Waals surface area contributed by atoms with Crippen LogP contribution in [0.5, 0.6) is 5.75 Å². The first-order valence-electron chi connectivity index (χ1n) is 8.88. The van der Waals surface area contributed by atoms with Gasteiger partial charge in [-0.05, 0) is 18.2 Å². The molecule has 0 aliphatic carbocycles. The molecular weight excluding hydrogens is 448 g/mol. The number of nitro benzene ring substituents is 2. The second-order valence-corrected chi connectivity index (χ2v) is 8.31. The van der Waals surface area contributed by atoms with Crippen molar-refractivity contribution < 1.29 is 32.5 Å². The monoisotopic (exact) mass is 468 g/mol. The maximum Gasteiger partial charge on any atom is 0.321 e. The summed E-state index contributed by atoms with van der Waals surface area (Å²) in [6.07, 6.45) is 0. The molecule has 0 amide bonds. The molecule has 0 aliphatic heterocycles. The van der Waals surface area contributed by atoms with E-state index in [1.165, 1.54) is 42.3 Å². The Morgan fingerprint density at radius 1 is 1.09 bits per heavy atom. The van der Waals surface area contributed by atoms with Crippen LogP contribution in [0.3, 0.4) is 0 Å². The minimum atomic E-state index is -4.26. The van der Waals surface area contributed by atoms with E-state index in [2.05, 4.69) is 0 Å². The zero-order valence-corrected chi connectivity index (χ0v) is 18.1. The average molecular weight is 468 g/mol. The van der Waals surface area contributed by atoms with Crippen LogP contribution in [0.4, 0.5) is 17.1 Å². The molecule has 0 bridgehead atoms. The minimum absolute atomic E-state index is 0.208. The van der Waals surface area contributed by atoms with E-state index in [0.717, 1.165) is 6.07 Å². The van der Waals surface area contributed by atoms with Crippen LogP contribution >= 0.6 is 0 Å². The van der Waals surface area contributed by atoms with Gasteiger partial charge in [0.25, 0.3) is 11.4 Å². The van der Waals surface area contributed by atoms with E-state index in [0.29, 0.717) is 0 Å². The van der Waals surface area contributed by atoms with Crippen LogP contribution in [0.2, 0.25) is 0 Å². The molecule has 0 spiro atoms. The van der Waals surface area contributed by atoms with Crippen LogP contribution in [0, 0.1) is 20.2 Å². The molecule has 1 N–H and O–H groups in total. The van der Waals surface area contributed by atoms with Crippen molar-refractivity contribution in [3.05, 3.63) is 62.2 Å². The Hall–Kier alpha value is -3.78. The Morgan fingerprint density at radius 3 is 2.34 bits per heavy atom. The van der Waals surface area contributed by atoms with Gasteiger partial charge in [-0.15, -0.1) is 0 Å². The normalized spacial score (nSPS) is 11.0. The number of nitrogens with one attached hydrogen (secondary N) is 1. The predicted molar refractivity (Wildman–Crippen MR) is 112 cm³/mol. The first kappa shape index (κ1) is 24.5. The first-order valence-corrected chi connectivity index (χ1v) is 10.4. The molecule has 0 saturated carbocycles. The molecule has 0 radical (unpaired) electrons. The number of hydrogen-bond acceptors (Lipinski definition) is 10. The molecule has 172 valence electrons. The summed E-state index contributed by atoms with van der Waals surface area (Å²) in [6.45, 7) is -1.16. The predicted octanol–water partition coefficient (Wildman–Crippen LogP) is 1.60. The smallest absolute Gasteiger partial charge is 0.321 e. The van der Waals surface area contributed by atoms with Crippen molar-refractivity contribution in [2.45, 2.75) is 11.5 Å². The molecule has 0 aromatic heterocycles. The topological polar surface area (TPSA) is 171 Å². The van der Waals surface area contributed by atoms with E-state index < -0.39 is 49.6 Å². The number of benzene rings is 2. The van der Waals surface area contributed by atoms with Crippen molar-refractivity contribution in [3.63, 3.8) is 0 Å². The number of hydrogen-bond donors (Lipinski definition) is 1. The molecule has 2 aromatic carbocycles. The van der Waals surface area contributed by atoms with E-state index >= 15 is 0 Å². The number of carbonyl (C=O) groups excluding carboxylic acids is 1. The number of nitrogens with zero attached hydrogens (tertiary/aromatic N) is 3. The number of sulfonamides is 1. The number of anilines is 1. The SMILES string of the molecule is COc1ccc([N+](=O)[O-])cc1COC(=O)CNS(=O)(=O)c1ccc(N(C)C)c([N+](=O)[O-])c1. The molecule has 14 heteroatoms. The van der Waals surface area contributed by atoms with Gasteiger partial charge in [-0.3, -0.25) is 25.0 Å². The summed E-state index contributed by atoms with van der Waals surface area (Å²) in [5.41, 5.74) is -0.231. The van der Waals surface area contributed by atoms with Gasteiger partial charge in [-0.25, -0.2) is 8.42 Å². The number of nitro groups is 2. The number of carbonyl (C=O) groups is 1. The standard InChI is InChI=1S/C18H20N4O9S/c1-20(2)15-6-5-14(9-16(15)22(26)27)32(28,29)19-10-18(23)31-11-12-8-13(21(24)25)4-7-17(12)30-3/h4-9,19H,10-11H2,1-3H3. The average Bonchev–Trinajstić information content (AvgIpc) is 2.75. The van der Waals surface area contributed by atoms with Gasteiger partial charge in [0.15, 0.2) is 0 Å². The van der Waals surface area contributed by atoms with Gasteiger partial charge in [0.2, 0.25) is 10.0 Å². The van der Waals surface area contributed by atoms with E-state index in [-0.39, 0.29) is 22.7 Å². The van der Waals surface area contributed by atoms with Crippen molar-refractivity contribution in [1.82, 2.24) is 4.72 Å². The van der Waals surface area contributed by atoms with Gasteiger partial charge in [-0.2, -0.15) is 4.72 Å². The Bertz CT molecular complexity index is 1150. The van der Waals surface area contributed by atoms with Gasteiger partial charge in [0, 0.05) is 37.9 Å². The fourth-order valence-corrected chi connectivity index (χ4v) is 3.62. The molecule has 0 saturated heterocycles. The minimum Gasteiger partial charge on any atom is -0.496 e. The Labute approximate surface area is 182 Å². The third-order valence-corrected chi connectivity index (χ3v) is 5.60. The maximum atomic E-state index is 12.4. The zero-order valence-electron chi connectivity index (χ0n) is 17.3.